The molecule has 7 heteroatoms. The van der Waals surface area contributed by atoms with Gasteiger partial charge in [-0.3, -0.25) is 4.79 Å². The van der Waals surface area contributed by atoms with E-state index in [2.05, 4.69) is 9.99 Å². The predicted octanol–water partition coefficient (Wildman–Crippen LogP) is 2.77. The van der Waals surface area contributed by atoms with Gasteiger partial charge in [0.1, 0.15) is 23.0 Å². The van der Waals surface area contributed by atoms with Crippen molar-refractivity contribution in [2.24, 2.45) is 5.16 Å². The van der Waals surface area contributed by atoms with Gasteiger partial charge in [0.25, 0.3) is 0 Å². The summed E-state index contributed by atoms with van der Waals surface area (Å²) in [5.74, 6) is -2.05. The summed E-state index contributed by atoms with van der Waals surface area (Å²) in [7, 11) is 0. The van der Waals surface area contributed by atoms with Crippen LogP contribution in [0, 0.1) is 5.82 Å². The number of phenolic OH excluding ortho intramolecular Hbond substituents is 1. The third kappa shape index (κ3) is 4.16. The molecular weight excluding hydrogens is 317 g/mol. The smallest absolute Gasteiger partial charge is 0.332 e. The summed E-state index contributed by atoms with van der Waals surface area (Å²) in [6.07, 6.45) is 0. The summed E-state index contributed by atoms with van der Waals surface area (Å²) in [4.78, 5) is 26.6. The van der Waals surface area contributed by atoms with E-state index in [0.717, 1.165) is 6.92 Å². The van der Waals surface area contributed by atoms with Gasteiger partial charge in [0.2, 0.25) is 0 Å². The molecule has 24 heavy (non-hydrogen) atoms. The second kappa shape index (κ2) is 7.36. The Morgan fingerprint density at radius 2 is 1.75 bits per heavy atom. The molecule has 0 heterocycles. The molecule has 0 unspecified atom stereocenters. The average Bonchev–Trinajstić information content (AvgIpc) is 2.49. The van der Waals surface area contributed by atoms with Gasteiger partial charge in [0, 0.05) is 31.0 Å². The lowest BCUT2D eigenvalue weighted by Crippen LogP contribution is -2.09. The van der Waals surface area contributed by atoms with Gasteiger partial charge in [-0.15, -0.1) is 0 Å². The van der Waals surface area contributed by atoms with Crippen molar-refractivity contribution in [1.29, 1.82) is 0 Å². The molecule has 0 radical (unpaired) electrons. The standard InChI is InChI=1S/C17H14FNO5/c1-10(20)23-12-7-8-14(16(22)9-12)17(19-24-11(2)21)13-5-3-4-6-15(13)18/h3-9,22H,1-2H3/b19-17-. The molecule has 0 aliphatic rings. The van der Waals surface area contributed by atoms with Crippen molar-refractivity contribution in [2.45, 2.75) is 13.8 Å². The highest BCUT2D eigenvalue weighted by molar-refractivity contribution is 6.14. The summed E-state index contributed by atoms with van der Waals surface area (Å²) < 4.78 is 18.9. The van der Waals surface area contributed by atoms with Crippen molar-refractivity contribution in [1.82, 2.24) is 0 Å². The molecule has 0 atom stereocenters. The number of carbonyl (C=O) groups is 2. The van der Waals surface area contributed by atoms with Gasteiger partial charge in [0.15, 0.2) is 0 Å². The van der Waals surface area contributed by atoms with Crippen molar-refractivity contribution in [3.63, 3.8) is 0 Å². The monoisotopic (exact) mass is 331 g/mol. The minimum atomic E-state index is -0.695. The molecular formula is C17H14FNO5. The molecule has 0 spiro atoms. The van der Waals surface area contributed by atoms with Gasteiger partial charge in [0.05, 0.1) is 0 Å². The number of phenols is 1. The van der Waals surface area contributed by atoms with Crippen LogP contribution in [0.2, 0.25) is 0 Å². The zero-order chi connectivity index (χ0) is 17.7. The number of aromatic hydroxyl groups is 1. The van der Waals surface area contributed by atoms with Crippen LogP contribution in [-0.2, 0) is 14.4 Å². The Kier molecular flexibility index (Phi) is 5.26. The van der Waals surface area contributed by atoms with Crippen LogP contribution in [0.25, 0.3) is 0 Å². The zero-order valence-electron chi connectivity index (χ0n) is 12.9. The van der Waals surface area contributed by atoms with Crippen LogP contribution in [-0.4, -0.2) is 22.8 Å². The van der Waals surface area contributed by atoms with Gasteiger partial charge in [-0.25, -0.2) is 9.18 Å². The number of hydrogen-bond donors (Lipinski definition) is 1. The Hall–Kier alpha value is -3.22. The van der Waals surface area contributed by atoms with Crippen molar-refractivity contribution in [3.05, 3.63) is 59.4 Å². The van der Waals surface area contributed by atoms with Crippen LogP contribution in [0.4, 0.5) is 4.39 Å². The van der Waals surface area contributed by atoms with Crippen molar-refractivity contribution < 1.29 is 28.7 Å². The number of nitrogens with zero attached hydrogens (tertiary/aromatic N) is 1. The fraction of sp³-hybridized carbons (Fsp3) is 0.118. The Labute approximate surface area is 137 Å². The first-order chi connectivity index (χ1) is 11.4. The third-order valence-corrected chi connectivity index (χ3v) is 2.88. The summed E-state index contributed by atoms with van der Waals surface area (Å²) in [5, 5.41) is 13.8. The molecule has 1 N–H and O–H groups in total. The van der Waals surface area contributed by atoms with Crippen LogP contribution in [0.5, 0.6) is 11.5 Å². The highest BCUT2D eigenvalue weighted by Crippen LogP contribution is 2.27. The second-order valence-electron chi connectivity index (χ2n) is 4.78. The van der Waals surface area contributed by atoms with Crippen molar-refractivity contribution >= 4 is 17.7 Å². The highest BCUT2D eigenvalue weighted by Gasteiger charge is 2.17. The largest absolute Gasteiger partial charge is 0.507 e. The van der Waals surface area contributed by atoms with Gasteiger partial charge in [-0.05, 0) is 24.3 Å². The maximum Gasteiger partial charge on any atom is 0.332 e. The Balaban J connectivity index is 2.52. The topological polar surface area (TPSA) is 85.2 Å². The lowest BCUT2D eigenvalue weighted by atomic mass is 10.0. The number of carbonyl (C=O) groups excluding carboxylic acids is 2. The lowest BCUT2D eigenvalue weighted by Gasteiger charge is -2.10. The van der Waals surface area contributed by atoms with E-state index < -0.39 is 17.8 Å². The van der Waals surface area contributed by atoms with E-state index in [1.807, 2.05) is 0 Å². The molecule has 124 valence electrons. The summed E-state index contributed by atoms with van der Waals surface area (Å²) in [6, 6.07) is 9.67. The van der Waals surface area contributed by atoms with Crippen LogP contribution < -0.4 is 4.74 Å². The van der Waals surface area contributed by atoms with E-state index in [9.17, 15) is 19.1 Å². The third-order valence-electron chi connectivity index (χ3n) is 2.88. The van der Waals surface area contributed by atoms with Gasteiger partial charge >= 0.3 is 11.9 Å². The maximum absolute atomic E-state index is 14.1. The number of ether oxygens (including phenoxy) is 1. The maximum atomic E-state index is 14.1. The van der Waals surface area contributed by atoms with E-state index in [1.165, 1.54) is 43.3 Å². The summed E-state index contributed by atoms with van der Waals surface area (Å²) in [5.41, 5.74) is 0.0710. The first-order valence-corrected chi connectivity index (χ1v) is 6.90. The van der Waals surface area contributed by atoms with Crippen LogP contribution in [0.1, 0.15) is 25.0 Å². The normalized spacial score (nSPS) is 11.0. The van der Waals surface area contributed by atoms with E-state index in [-0.39, 0.29) is 28.3 Å². The number of hydrogen-bond acceptors (Lipinski definition) is 6. The van der Waals surface area contributed by atoms with Crippen LogP contribution >= 0.6 is 0 Å². The molecule has 2 aromatic carbocycles. The minimum Gasteiger partial charge on any atom is -0.507 e. The zero-order valence-corrected chi connectivity index (χ0v) is 12.9. The fourth-order valence-electron chi connectivity index (χ4n) is 1.95. The molecule has 2 rings (SSSR count). The van der Waals surface area contributed by atoms with Gasteiger partial charge in [-0.2, -0.15) is 0 Å². The molecule has 0 aliphatic carbocycles. The highest BCUT2D eigenvalue weighted by atomic mass is 19.1. The van der Waals surface area contributed by atoms with E-state index in [4.69, 9.17) is 4.74 Å². The first kappa shape index (κ1) is 17.1. The van der Waals surface area contributed by atoms with Crippen molar-refractivity contribution in [2.75, 3.05) is 0 Å². The van der Waals surface area contributed by atoms with Gasteiger partial charge < -0.3 is 14.7 Å². The second-order valence-corrected chi connectivity index (χ2v) is 4.78. The Morgan fingerprint density at radius 3 is 2.33 bits per heavy atom. The fourth-order valence-corrected chi connectivity index (χ4v) is 1.95. The van der Waals surface area contributed by atoms with Crippen LogP contribution in [0.3, 0.4) is 0 Å². The number of oxime groups is 1. The molecule has 0 bridgehead atoms. The lowest BCUT2D eigenvalue weighted by molar-refractivity contribution is -0.141. The van der Waals surface area contributed by atoms with Gasteiger partial charge in [-0.1, -0.05) is 17.3 Å². The van der Waals surface area contributed by atoms with E-state index in [1.54, 1.807) is 6.07 Å². The minimum absolute atomic E-state index is 0.0364. The molecule has 2 aromatic rings. The van der Waals surface area contributed by atoms with Crippen molar-refractivity contribution in [3.8, 4) is 11.5 Å². The molecule has 6 nitrogen and oxygen atoms in total. The Morgan fingerprint density at radius 1 is 1.04 bits per heavy atom. The van der Waals surface area contributed by atoms with E-state index in [0.29, 0.717) is 0 Å². The van der Waals surface area contributed by atoms with E-state index >= 15 is 0 Å². The number of halogens is 1. The number of esters is 1. The number of rotatable bonds is 4. The predicted molar refractivity (Wildman–Crippen MR) is 83.2 cm³/mol. The molecule has 0 aromatic heterocycles. The summed E-state index contributed by atoms with van der Waals surface area (Å²) in [6.45, 7) is 2.37. The summed E-state index contributed by atoms with van der Waals surface area (Å²) >= 11 is 0. The SMILES string of the molecule is CC(=O)O/N=C(\c1ccc(OC(C)=O)cc1O)c1ccccc1F. The average molecular weight is 331 g/mol. The molecule has 0 saturated heterocycles. The Bertz CT molecular complexity index is 816. The number of benzene rings is 2. The molecule has 0 saturated carbocycles. The first-order valence-electron chi connectivity index (χ1n) is 6.90. The van der Waals surface area contributed by atoms with Crippen LogP contribution in [0.15, 0.2) is 47.6 Å². The molecule has 0 fully saturated rings. The quantitative estimate of drug-likeness (QED) is 0.306. The molecule has 0 amide bonds. The molecule has 0 aliphatic heterocycles.